The lowest BCUT2D eigenvalue weighted by atomic mass is 9.89. The summed E-state index contributed by atoms with van der Waals surface area (Å²) < 4.78 is 0. The summed E-state index contributed by atoms with van der Waals surface area (Å²) in [6, 6.07) is 0. The second-order valence-corrected chi connectivity index (χ2v) is 3.75. The van der Waals surface area contributed by atoms with Crippen molar-refractivity contribution in [2.24, 2.45) is 5.92 Å². The van der Waals surface area contributed by atoms with Crippen molar-refractivity contribution in [3.63, 3.8) is 0 Å². The summed E-state index contributed by atoms with van der Waals surface area (Å²) in [6.07, 6.45) is 7.95. The molecule has 1 rings (SSSR count). The molecule has 1 N–H and O–H groups in total. The van der Waals surface area contributed by atoms with Crippen LogP contribution in [0.2, 0.25) is 0 Å². The van der Waals surface area contributed by atoms with Gasteiger partial charge in [0.25, 0.3) is 0 Å². The molecule has 0 aromatic carbocycles. The van der Waals surface area contributed by atoms with Gasteiger partial charge in [0.2, 0.25) is 0 Å². The SMILES string of the molecule is C=C[C@H](O)CC1=CC[C@@H](C)CC1. The molecule has 0 unspecified atom stereocenters. The van der Waals surface area contributed by atoms with Crippen LogP contribution < -0.4 is 0 Å². The molecule has 0 aliphatic heterocycles. The van der Waals surface area contributed by atoms with Crippen LogP contribution in [0.4, 0.5) is 0 Å². The topological polar surface area (TPSA) is 20.2 Å². The first-order valence-corrected chi connectivity index (χ1v) is 4.71. The minimum Gasteiger partial charge on any atom is -0.389 e. The molecule has 0 aromatic rings. The molecular formula is C11H18O. The van der Waals surface area contributed by atoms with Crippen molar-refractivity contribution >= 4 is 0 Å². The van der Waals surface area contributed by atoms with E-state index < -0.39 is 0 Å². The first-order chi connectivity index (χ1) is 5.72. The van der Waals surface area contributed by atoms with E-state index in [4.69, 9.17) is 0 Å². The quantitative estimate of drug-likeness (QED) is 0.639. The lowest BCUT2D eigenvalue weighted by molar-refractivity contribution is 0.221. The Morgan fingerprint density at radius 2 is 2.58 bits per heavy atom. The Bertz CT molecular complexity index is 181. The average Bonchev–Trinajstić information content (AvgIpc) is 2.09. The van der Waals surface area contributed by atoms with E-state index in [1.807, 2.05) is 0 Å². The third-order valence-corrected chi connectivity index (χ3v) is 2.51. The standard InChI is InChI=1S/C11H18O/c1-3-11(12)8-10-6-4-9(2)5-7-10/h3,6,9,11-12H,1,4-5,7-8H2,2H3/t9-,11+/m1/s1. The predicted molar refractivity (Wildman–Crippen MR) is 51.9 cm³/mol. The molecule has 1 heteroatoms. The molecule has 0 amide bonds. The number of hydrogen-bond donors (Lipinski definition) is 1. The minimum absolute atomic E-state index is 0.343. The van der Waals surface area contributed by atoms with Gasteiger partial charge < -0.3 is 5.11 Å². The van der Waals surface area contributed by atoms with E-state index in [0.717, 1.165) is 18.8 Å². The lowest BCUT2D eigenvalue weighted by Crippen LogP contribution is -2.08. The van der Waals surface area contributed by atoms with Gasteiger partial charge in [-0.15, -0.1) is 6.58 Å². The second kappa shape index (κ2) is 4.46. The van der Waals surface area contributed by atoms with E-state index in [0.29, 0.717) is 0 Å². The van der Waals surface area contributed by atoms with Gasteiger partial charge in [-0.25, -0.2) is 0 Å². The van der Waals surface area contributed by atoms with Crippen LogP contribution in [0.3, 0.4) is 0 Å². The van der Waals surface area contributed by atoms with Crippen LogP contribution in [0.15, 0.2) is 24.3 Å². The molecule has 2 atom stereocenters. The molecule has 0 saturated carbocycles. The van der Waals surface area contributed by atoms with Gasteiger partial charge in [-0.1, -0.05) is 24.6 Å². The molecule has 1 aliphatic carbocycles. The Labute approximate surface area is 74.8 Å². The highest BCUT2D eigenvalue weighted by Gasteiger charge is 2.11. The highest BCUT2D eigenvalue weighted by Crippen LogP contribution is 2.25. The molecule has 0 fully saturated rings. The van der Waals surface area contributed by atoms with Crippen LogP contribution in [0.5, 0.6) is 0 Å². The molecule has 0 bridgehead atoms. The second-order valence-electron chi connectivity index (χ2n) is 3.75. The van der Waals surface area contributed by atoms with E-state index in [-0.39, 0.29) is 6.10 Å². The van der Waals surface area contributed by atoms with E-state index in [1.165, 1.54) is 18.4 Å². The first kappa shape index (κ1) is 9.53. The summed E-state index contributed by atoms with van der Waals surface area (Å²) in [5, 5.41) is 9.32. The van der Waals surface area contributed by atoms with Gasteiger partial charge >= 0.3 is 0 Å². The number of aliphatic hydroxyl groups excluding tert-OH is 1. The minimum atomic E-state index is -0.343. The molecule has 68 valence electrons. The Hall–Kier alpha value is -0.560. The van der Waals surface area contributed by atoms with Crippen LogP contribution in [-0.4, -0.2) is 11.2 Å². The molecule has 0 saturated heterocycles. The summed E-state index contributed by atoms with van der Waals surface area (Å²) in [5.41, 5.74) is 1.40. The largest absolute Gasteiger partial charge is 0.389 e. The maximum atomic E-state index is 9.32. The Balaban J connectivity index is 2.38. The van der Waals surface area contributed by atoms with E-state index in [2.05, 4.69) is 19.6 Å². The van der Waals surface area contributed by atoms with E-state index >= 15 is 0 Å². The lowest BCUT2D eigenvalue weighted by Gasteiger charge is -2.19. The highest BCUT2D eigenvalue weighted by atomic mass is 16.3. The highest BCUT2D eigenvalue weighted by molar-refractivity contribution is 5.08. The van der Waals surface area contributed by atoms with Crippen molar-refractivity contribution < 1.29 is 5.11 Å². The van der Waals surface area contributed by atoms with Gasteiger partial charge in [0.05, 0.1) is 6.10 Å². The number of rotatable bonds is 3. The van der Waals surface area contributed by atoms with Crippen LogP contribution in [0.25, 0.3) is 0 Å². The molecule has 0 spiro atoms. The summed E-state index contributed by atoms with van der Waals surface area (Å²) in [6.45, 7) is 5.84. The molecule has 1 aliphatic rings. The predicted octanol–water partition coefficient (Wildman–Crippen LogP) is 2.67. The zero-order valence-corrected chi connectivity index (χ0v) is 7.79. The van der Waals surface area contributed by atoms with Gasteiger partial charge in [0.1, 0.15) is 0 Å². The fraction of sp³-hybridized carbons (Fsp3) is 0.636. The van der Waals surface area contributed by atoms with Crippen molar-refractivity contribution in [3.05, 3.63) is 24.3 Å². The summed E-state index contributed by atoms with van der Waals surface area (Å²) >= 11 is 0. The Morgan fingerprint density at radius 1 is 1.83 bits per heavy atom. The van der Waals surface area contributed by atoms with Crippen molar-refractivity contribution in [1.82, 2.24) is 0 Å². The van der Waals surface area contributed by atoms with Gasteiger partial charge in [-0.3, -0.25) is 0 Å². The average molecular weight is 166 g/mol. The first-order valence-electron chi connectivity index (χ1n) is 4.71. The van der Waals surface area contributed by atoms with Crippen molar-refractivity contribution in [1.29, 1.82) is 0 Å². The van der Waals surface area contributed by atoms with E-state index in [9.17, 15) is 5.11 Å². The summed E-state index contributed by atoms with van der Waals surface area (Å²) in [4.78, 5) is 0. The normalized spacial score (nSPS) is 26.2. The molecule has 0 aromatic heterocycles. The monoisotopic (exact) mass is 166 g/mol. The Kier molecular flexibility index (Phi) is 3.54. The molecule has 1 nitrogen and oxygen atoms in total. The maximum Gasteiger partial charge on any atom is 0.0755 e. The maximum absolute atomic E-state index is 9.32. The number of hydrogen-bond acceptors (Lipinski definition) is 1. The van der Waals surface area contributed by atoms with Crippen LogP contribution in [-0.2, 0) is 0 Å². The van der Waals surface area contributed by atoms with Crippen molar-refractivity contribution in [2.75, 3.05) is 0 Å². The van der Waals surface area contributed by atoms with Gasteiger partial charge in [0.15, 0.2) is 0 Å². The molecule has 12 heavy (non-hydrogen) atoms. The fourth-order valence-electron chi connectivity index (χ4n) is 1.56. The van der Waals surface area contributed by atoms with Crippen LogP contribution in [0, 0.1) is 5.92 Å². The number of allylic oxidation sites excluding steroid dienone is 1. The molecular weight excluding hydrogens is 148 g/mol. The summed E-state index contributed by atoms with van der Waals surface area (Å²) in [7, 11) is 0. The number of aliphatic hydroxyl groups is 1. The summed E-state index contributed by atoms with van der Waals surface area (Å²) in [5.74, 6) is 0.828. The van der Waals surface area contributed by atoms with Gasteiger partial charge in [0, 0.05) is 0 Å². The van der Waals surface area contributed by atoms with Crippen LogP contribution in [0.1, 0.15) is 32.6 Å². The van der Waals surface area contributed by atoms with Gasteiger partial charge in [-0.05, 0) is 31.6 Å². The fourth-order valence-corrected chi connectivity index (χ4v) is 1.56. The third kappa shape index (κ3) is 2.82. The van der Waals surface area contributed by atoms with E-state index in [1.54, 1.807) is 6.08 Å². The molecule has 0 heterocycles. The molecule has 0 radical (unpaired) electrons. The zero-order valence-electron chi connectivity index (χ0n) is 7.79. The van der Waals surface area contributed by atoms with Crippen molar-refractivity contribution in [2.45, 2.75) is 38.7 Å². The Morgan fingerprint density at radius 3 is 3.08 bits per heavy atom. The smallest absolute Gasteiger partial charge is 0.0755 e. The third-order valence-electron chi connectivity index (χ3n) is 2.51. The zero-order chi connectivity index (χ0) is 8.97. The van der Waals surface area contributed by atoms with Crippen LogP contribution >= 0.6 is 0 Å². The van der Waals surface area contributed by atoms with Crippen molar-refractivity contribution in [3.8, 4) is 0 Å². The van der Waals surface area contributed by atoms with Gasteiger partial charge in [-0.2, -0.15) is 0 Å².